The van der Waals surface area contributed by atoms with Crippen molar-refractivity contribution in [3.8, 4) is 0 Å². The Morgan fingerprint density at radius 2 is 1.93 bits per heavy atom. The topological polar surface area (TPSA) is 66.8 Å². The Bertz CT molecular complexity index is 1060. The van der Waals surface area contributed by atoms with Crippen molar-refractivity contribution < 1.29 is 13.2 Å². The fourth-order valence-electron chi connectivity index (χ4n) is 3.82. The monoisotopic (exact) mass is 414 g/mol. The molecule has 2 aromatic carbocycles. The van der Waals surface area contributed by atoms with Crippen LogP contribution in [0, 0.1) is 13.8 Å². The van der Waals surface area contributed by atoms with Gasteiger partial charge in [-0.15, -0.1) is 0 Å². The number of aliphatic imine (C=N–C) groups is 1. The molecule has 0 bridgehead atoms. The second kappa shape index (κ2) is 7.37. The van der Waals surface area contributed by atoms with E-state index in [-0.39, 0.29) is 35.1 Å². The number of thioether (sulfide) groups is 1. The molecule has 28 heavy (non-hydrogen) atoms. The van der Waals surface area contributed by atoms with Gasteiger partial charge in [0.2, 0.25) is 0 Å². The predicted octanol–water partition coefficient (Wildman–Crippen LogP) is 3.15. The quantitative estimate of drug-likeness (QED) is 0.772. The third-order valence-corrected chi connectivity index (χ3v) is 8.31. The fraction of sp³-hybridized carbons (Fsp3) is 0.333. The highest BCUT2D eigenvalue weighted by molar-refractivity contribution is 8.16. The summed E-state index contributed by atoms with van der Waals surface area (Å²) in [6, 6.07) is 15.5. The average molecular weight is 415 g/mol. The lowest BCUT2D eigenvalue weighted by Gasteiger charge is -2.26. The number of anilines is 1. The zero-order valence-electron chi connectivity index (χ0n) is 15.8. The third-order valence-electron chi connectivity index (χ3n) is 5.10. The second-order valence-electron chi connectivity index (χ2n) is 7.41. The number of fused-ring (bicyclic) bond motifs is 1. The summed E-state index contributed by atoms with van der Waals surface area (Å²) >= 11 is 1.41. The first kappa shape index (κ1) is 19.2. The molecule has 4 rings (SSSR count). The van der Waals surface area contributed by atoms with Crippen LogP contribution in [0.5, 0.6) is 0 Å². The lowest BCUT2D eigenvalue weighted by atomic mass is 10.1. The molecule has 2 fully saturated rings. The number of amides is 1. The summed E-state index contributed by atoms with van der Waals surface area (Å²) < 4.78 is 24.3. The first-order valence-corrected chi connectivity index (χ1v) is 11.9. The van der Waals surface area contributed by atoms with Crippen molar-refractivity contribution in [2.75, 3.05) is 16.4 Å². The highest BCUT2D eigenvalue weighted by Crippen LogP contribution is 2.41. The third kappa shape index (κ3) is 3.86. The molecule has 0 N–H and O–H groups in total. The maximum absolute atomic E-state index is 12.6. The van der Waals surface area contributed by atoms with Gasteiger partial charge in [-0.2, -0.15) is 4.99 Å². The Hall–Kier alpha value is -2.12. The number of amidine groups is 1. The number of carbonyl (C=O) groups excluding carboxylic acids is 1. The van der Waals surface area contributed by atoms with Crippen molar-refractivity contribution in [1.29, 1.82) is 0 Å². The molecule has 0 saturated carbocycles. The van der Waals surface area contributed by atoms with Gasteiger partial charge in [0, 0.05) is 10.9 Å². The van der Waals surface area contributed by atoms with Crippen LogP contribution in [-0.2, 0) is 21.1 Å². The van der Waals surface area contributed by atoms with Gasteiger partial charge in [-0.3, -0.25) is 4.79 Å². The molecular weight excluding hydrogens is 392 g/mol. The summed E-state index contributed by atoms with van der Waals surface area (Å²) in [5.41, 5.74) is 3.99. The first-order valence-electron chi connectivity index (χ1n) is 9.21. The van der Waals surface area contributed by atoms with Crippen LogP contribution in [-0.4, -0.2) is 42.3 Å². The molecule has 2 saturated heterocycles. The van der Waals surface area contributed by atoms with E-state index in [2.05, 4.69) is 4.99 Å². The number of hydrogen-bond donors (Lipinski definition) is 0. The van der Waals surface area contributed by atoms with Gasteiger partial charge in [-0.1, -0.05) is 59.8 Å². The molecule has 5 nitrogen and oxygen atoms in total. The molecule has 0 aliphatic carbocycles. The lowest BCUT2D eigenvalue weighted by molar-refractivity contribution is -0.117. The van der Waals surface area contributed by atoms with Gasteiger partial charge in [-0.05, 0) is 31.0 Å². The molecule has 0 spiro atoms. The van der Waals surface area contributed by atoms with E-state index in [0.717, 1.165) is 22.4 Å². The van der Waals surface area contributed by atoms with Gasteiger partial charge in [0.05, 0.1) is 24.0 Å². The van der Waals surface area contributed by atoms with Crippen LogP contribution in [0.1, 0.15) is 16.7 Å². The SMILES string of the molecule is Cc1cccc(CC(=O)N=C2S[C@H]3CS(=O)(=O)C[C@@H]3N2c2ccccc2C)c1. The van der Waals surface area contributed by atoms with Gasteiger partial charge in [0.15, 0.2) is 15.0 Å². The molecule has 2 aliphatic rings. The standard InChI is InChI=1S/C21H22N2O3S2/c1-14-6-5-8-16(10-14)11-20(24)22-21-23(17-9-4-3-7-15(17)2)18-12-28(25,26)13-19(18)27-21/h3-10,18-19H,11-13H2,1-2H3/t18-,19-/m0/s1. The maximum atomic E-state index is 12.6. The van der Waals surface area contributed by atoms with Crippen LogP contribution < -0.4 is 4.90 Å². The van der Waals surface area contributed by atoms with Crippen LogP contribution in [0.4, 0.5) is 5.69 Å². The lowest BCUT2D eigenvalue weighted by Crippen LogP contribution is -2.38. The first-order chi connectivity index (χ1) is 13.3. The number of carbonyl (C=O) groups is 1. The minimum absolute atomic E-state index is 0.0878. The average Bonchev–Trinajstić information content (AvgIpc) is 3.06. The van der Waals surface area contributed by atoms with E-state index < -0.39 is 9.84 Å². The van der Waals surface area contributed by atoms with Gasteiger partial charge >= 0.3 is 0 Å². The van der Waals surface area contributed by atoms with E-state index in [1.54, 1.807) is 0 Å². The van der Waals surface area contributed by atoms with E-state index in [1.165, 1.54) is 11.8 Å². The Balaban J connectivity index is 1.66. The molecule has 7 heteroatoms. The summed E-state index contributed by atoms with van der Waals surface area (Å²) in [6.07, 6.45) is 0.237. The van der Waals surface area contributed by atoms with Crippen LogP contribution in [0.25, 0.3) is 0 Å². The second-order valence-corrected chi connectivity index (χ2v) is 10.8. The summed E-state index contributed by atoms with van der Waals surface area (Å²) in [7, 11) is -3.07. The van der Waals surface area contributed by atoms with Gasteiger partial charge < -0.3 is 4.90 Å². The largest absolute Gasteiger partial charge is 0.315 e. The molecule has 2 aliphatic heterocycles. The Morgan fingerprint density at radius 1 is 1.14 bits per heavy atom. The van der Waals surface area contributed by atoms with E-state index in [4.69, 9.17) is 0 Å². The predicted molar refractivity (Wildman–Crippen MR) is 115 cm³/mol. The molecule has 146 valence electrons. The summed E-state index contributed by atoms with van der Waals surface area (Å²) in [6.45, 7) is 3.98. The van der Waals surface area contributed by atoms with Crippen LogP contribution in [0.3, 0.4) is 0 Å². The van der Waals surface area contributed by atoms with E-state index in [0.29, 0.717) is 5.17 Å². The fourth-order valence-corrected chi connectivity index (χ4v) is 7.75. The van der Waals surface area contributed by atoms with Crippen LogP contribution >= 0.6 is 11.8 Å². The van der Waals surface area contributed by atoms with Gasteiger partial charge in [0.1, 0.15) is 0 Å². The van der Waals surface area contributed by atoms with Crippen LogP contribution in [0.2, 0.25) is 0 Å². The number of sulfone groups is 1. The number of aryl methyl sites for hydroxylation is 2. The maximum Gasteiger partial charge on any atom is 0.252 e. The summed E-state index contributed by atoms with van der Waals surface area (Å²) in [5.74, 6) is 0.0226. The molecule has 1 amide bonds. The number of nitrogens with zero attached hydrogens (tertiary/aromatic N) is 2. The van der Waals surface area contributed by atoms with E-state index >= 15 is 0 Å². The van der Waals surface area contributed by atoms with Gasteiger partial charge in [-0.25, -0.2) is 8.42 Å². The molecular formula is C21H22N2O3S2. The Morgan fingerprint density at radius 3 is 2.68 bits per heavy atom. The number of hydrogen-bond acceptors (Lipinski definition) is 4. The number of rotatable bonds is 3. The highest BCUT2D eigenvalue weighted by Gasteiger charge is 2.49. The van der Waals surface area contributed by atoms with E-state index in [1.807, 2.05) is 67.3 Å². The van der Waals surface area contributed by atoms with Crippen molar-refractivity contribution in [1.82, 2.24) is 0 Å². The number of benzene rings is 2. The van der Waals surface area contributed by atoms with Crippen molar-refractivity contribution in [3.63, 3.8) is 0 Å². The molecule has 0 unspecified atom stereocenters. The van der Waals surface area contributed by atoms with Crippen molar-refractivity contribution >= 4 is 38.4 Å². The van der Waals surface area contributed by atoms with Crippen molar-refractivity contribution in [2.45, 2.75) is 31.6 Å². The minimum Gasteiger partial charge on any atom is -0.315 e. The highest BCUT2D eigenvalue weighted by atomic mass is 32.2. The summed E-state index contributed by atoms with van der Waals surface area (Å²) in [5, 5.41) is 0.520. The number of para-hydroxylation sites is 1. The van der Waals surface area contributed by atoms with Crippen molar-refractivity contribution in [2.24, 2.45) is 4.99 Å². The Labute approximate surface area is 169 Å². The molecule has 2 aromatic rings. The smallest absolute Gasteiger partial charge is 0.252 e. The molecule has 0 aromatic heterocycles. The Kier molecular flexibility index (Phi) is 5.05. The molecule has 0 radical (unpaired) electrons. The van der Waals surface area contributed by atoms with Gasteiger partial charge in [0.25, 0.3) is 5.91 Å². The molecule has 2 heterocycles. The zero-order chi connectivity index (χ0) is 19.9. The summed E-state index contributed by atoms with van der Waals surface area (Å²) in [4.78, 5) is 19.0. The normalized spacial score (nSPS) is 24.5. The minimum atomic E-state index is -3.07. The zero-order valence-corrected chi connectivity index (χ0v) is 17.5. The van der Waals surface area contributed by atoms with E-state index in [9.17, 15) is 13.2 Å². The van der Waals surface area contributed by atoms with Crippen LogP contribution in [0.15, 0.2) is 53.5 Å². The molecule has 2 atom stereocenters. The van der Waals surface area contributed by atoms with Crippen molar-refractivity contribution in [3.05, 3.63) is 65.2 Å².